The van der Waals surface area contributed by atoms with Crippen molar-refractivity contribution >= 4 is 47.0 Å². The third-order valence-electron chi connectivity index (χ3n) is 7.86. The highest BCUT2D eigenvalue weighted by Crippen LogP contribution is 2.39. The number of alkyl carbamates (subject to hydrolysis) is 1. The molecule has 2 aromatic rings. The van der Waals surface area contributed by atoms with E-state index in [0.29, 0.717) is 30.6 Å². The lowest BCUT2D eigenvalue weighted by atomic mass is 10.1. The van der Waals surface area contributed by atoms with Gasteiger partial charge in [0.25, 0.3) is 0 Å². The van der Waals surface area contributed by atoms with Crippen LogP contribution in [-0.2, 0) is 28.7 Å². The standard InChI is InChI=1S/C22H29FN4O6.C7H11NO.C5H6O2.C3H8.3H2/c1-5-6-14(25-20(30)33-22(2,3)4)19(29)27-11-13(10-16(27)18(24)28)31-21-26-15-9-12(23)7-8-17(15)32-21;1-3-5-4-6(5)7(9)8-2;6-3-5(7)4-1-2-4;1-3-2;;;/h7-9,13-14,16H,5-6,10-11H2,1-4H3,(H2,24,28)(H,25,30);3,5-6H,1,4H2,2H3,(H,8,9);3-4H,1-2H2;3H2,1-2H3;3*1H/t13-,14+,16+;5-,6+;;;;;/m11...../s1. The molecular formula is C37H60FN5O9. The molecule has 4 N–H and O–H groups in total. The second-order valence-electron chi connectivity index (χ2n) is 13.8. The molecule has 0 unspecified atom stereocenters. The van der Waals surface area contributed by atoms with Gasteiger partial charge in [0.2, 0.25) is 17.7 Å². The van der Waals surface area contributed by atoms with E-state index in [-0.39, 0.29) is 52.4 Å². The number of Topliss-reactive ketones (excluding diaryl/α,β-unsaturated/α-hetero) is 1. The van der Waals surface area contributed by atoms with Gasteiger partial charge in [0, 0.05) is 35.7 Å². The van der Waals surface area contributed by atoms with E-state index < -0.39 is 47.5 Å². The summed E-state index contributed by atoms with van der Waals surface area (Å²) >= 11 is 0. The number of rotatable bonds is 11. The number of nitrogens with one attached hydrogen (secondary N) is 2. The number of aldehydes is 1. The maximum atomic E-state index is 13.4. The summed E-state index contributed by atoms with van der Waals surface area (Å²) in [5, 5.41) is 5.19. The van der Waals surface area contributed by atoms with E-state index in [0.717, 1.165) is 19.3 Å². The Morgan fingerprint density at radius 1 is 1.17 bits per heavy atom. The van der Waals surface area contributed by atoms with Crippen LogP contribution in [-0.4, -0.2) is 83.1 Å². The van der Waals surface area contributed by atoms with Crippen molar-refractivity contribution in [1.29, 1.82) is 0 Å². The molecule has 5 rings (SSSR count). The number of oxazole rings is 1. The zero-order chi connectivity index (χ0) is 39.2. The second-order valence-corrected chi connectivity index (χ2v) is 13.8. The van der Waals surface area contributed by atoms with Crippen LogP contribution in [0.4, 0.5) is 9.18 Å². The summed E-state index contributed by atoms with van der Waals surface area (Å²) in [6.45, 7) is 14.9. The number of fused-ring (bicyclic) bond motifs is 1. The average molecular weight is 738 g/mol. The van der Waals surface area contributed by atoms with Gasteiger partial charge < -0.3 is 35.2 Å². The van der Waals surface area contributed by atoms with Gasteiger partial charge in [-0.1, -0.05) is 39.7 Å². The number of primary amides is 1. The zero-order valence-electron chi connectivity index (χ0n) is 31.2. The molecule has 15 heteroatoms. The van der Waals surface area contributed by atoms with Crippen LogP contribution in [0.1, 0.15) is 90.8 Å². The molecular weight excluding hydrogens is 677 g/mol. The SMILES string of the molecule is C=C[C@@H]1C[C@@H]1C(=O)NC.CCC.CCC[C@H](NC(=O)OC(C)(C)C)C(=O)N1C[C@H](Oc2nc3cc(F)ccc3o2)C[C@H]1C(N)=O.O=CC(=O)C1CC1.[HH].[HH].[HH]. The number of aromatic nitrogens is 1. The Kier molecular flexibility index (Phi) is 16.9. The number of carbonyl (C=O) groups is 6. The molecule has 0 radical (unpaired) electrons. The number of benzene rings is 1. The van der Waals surface area contributed by atoms with Crippen molar-refractivity contribution in [3.05, 3.63) is 36.7 Å². The molecule has 14 nitrogen and oxygen atoms in total. The smallest absolute Gasteiger partial charge is 0.408 e. The van der Waals surface area contributed by atoms with E-state index in [4.69, 9.17) is 19.6 Å². The van der Waals surface area contributed by atoms with Crippen LogP contribution in [0.15, 0.2) is 35.3 Å². The van der Waals surface area contributed by atoms with Gasteiger partial charge in [-0.25, -0.2) is 9.18 Å². The molecule has 0 spiro atoms. The Balaban J connectivity index is 0. The highest BCUT2D eigenvalue weighted by atomic mass is 19.1. The normalized spacial score (nSPS) is 20.6. The number of carbonyl (C=O) groups excluding carboxylic acids is 6. The fourth-order valence-corrected chi connectivity index (χ4v) is 5.09. The molecule has 2 saturated carbocycles. The first-order valence-electron chi connectivity index (χ1n) is 17.7. The number of nitrogens with zero attached hydrogens (tertiary/aromatic N) is 2. The second kappa shape index (κ2) is 20.3. The highest BCUT2D eigenvalue weighted by Gasteiger charge is 2.43. The number of nitrogens with two attached hydrogens (primary N) is 1. The van der Waals surface area contributed by atoms with Crippen LogP contribution >= 0.6 is 0 Å². The summed E-state index contributed by atoms with van der Waals surface area (Å²) in [5.41, 5.74) is 5.43. The maximum Gasteiger partial charge on any atom is 0.408 e. The molecule has 3 aliphatic rings. The van der Waals surface area contributed by atoms with E-state index in [1.165, 1.54) is 29.5 Å². The van der Waals surface area contributed by atoms with Crippen molar-refractivity contribution in [3.8, 4) is 6.08 Å². The molecule has 0 bridgehead atoms. The Labute approximate surface area is 308 Å². The van der Waals surface area contributed by atoms with E-state index in [1.807, 2.05) is 13.0 Å². The number of ketones is 1. The van der Waals surface area contributed by atoms with Crippen LogP contribution in [0.25, 0.3) is 11.1 Å². The first kappa shape index (κ1) is 43.3. The fourth-order valence-electron chi connectivity index (χ4n) is 5.09. The lowest BCUT2D eigenvalue weighted by Crippen LogP contribution is -2.53. The Bertz CT molecular complexity index is 1570. The van der Waals surface area contributed by atoms with Crippen molar-refractivity contribution in [2.24, 2.45) is 23.5 Å². The summed E-state index contributed by atoms with van der Waals surface area (Å²) in [5.74, 6) is -0.901. The summed E-state index contributed by atoms with van der Waals surface area (Å²) in [6, 6.07) is 2.06. The third-order valence-corrected chi connectivity index (χ3v) is 7.86. The van der Waals surface area contributed by atoms with Gasteiger partial charge >= 0.3 is 12.2 Å². The van der Waals surface area contributed by atoms with Gasteiger partial charge in [-0.05, 0) is 64.5 Å². The number of amides is 4. The number of ether oxygens (including phenoxy) is 2. The van der Waals surface area contributed by atoms with Crippen LogP contribution in [0.3, 0.4) is 0 Å². The van der Waals surface area contributed by atoms with Crippen molar-refractivity contribution < 1.29 is 51.3 Å². The molecule has 1 aromatic heterocycles. The Hall–Kier alpha value is -4.82. The topological polar surface area (TPSA) is 200 Å². The van der Waals surface area contributed by atoms with E-state index in [9.17, 15) is 33.2 Å². The number of halogens is 1. The number of hydrogen-bond donors (Lipinski definition) is 3. The quantitative estimate of drug-likeness (QED) is 0.153. The van der Waals surface area contributed by atoms with Crippen molar-refractivity contribution in [2.45, 2.75) is 110 Å². The van der Waals surface area contributed by atoms with E-state index in [2.05, 4.69) is 36.0 Å². The highest BCUT2D eigenvalue weighted by molar-refractivity contribution is 6.26. The summed E-state index contributed by atoms with van der Waals surface area (Å²) < 4.78 is 29.9. The molecule has 52 heavy (non-hydrogen) atoms. The summed E-state index contributed by atoms with van der Waals surface area (Å²) in [4.78, 5) is 73.5. The summed E-state index contributed by atoms with van der Waals surface area (Å²) in [7, 11) is 1.67. The predicted molar refractivity (Wildman–Crippen MR) is 198 cm³/mol. The molecule has 3 fully saturated rings. The zero-order valence-corrected chi connectivity index (χ0v) is 31.2. The van der Waals surface area contributed by atoms with Crippen molar-refractivity contribution in [2.75, 3.05) is 13.6 Å². The maximum absolute atomic E-state index is 13.4. The molecule has 2 heterocycles. The van der Waals surface area contributed by atoms with Crippen LogP contribution in [0.2, 0.25) is 0 Å². The Morgan fingerprint density at radius 2 is 1.83 bits per heavy atom. The van der Waals surface area contributed by atoms with Crippen LogP contribution in [0, 0.1) is 23.6 Å². The van der Waals surface area contributed by atoms with Crippen molar-refractivity contribution in [1.82, 2.24) is 20.5 Å². The molecule has 5 atom stereocenters. The minimum Gasteiger partial charge on any atom is -0.445 e. The molecule has 294 valence electrons. The third kappa shape index (κ3) is 14.1. The van der Waals surface area contributed by atoms with E-state index >= 15 is 0 Å². The average Bonchev–Trinajstić information content (AvgIpc) is 4.00. The number of hydrogen-bond acceptors (Lipinski definition) is 10. The summed E-state index contributed by atoms with van der Waals surface area (Å²) in [6.07, 6.45) is 5.98. The lowest BCUT2D eigenvalue weighted by Gasteiger charge is -2.28. The lowest BCUT2D eigenvalue weighted by molar-refractivity contribution is -0.139. The minimum absolute atomic E-state index is 0. The first-order valence-corrected chi connectivity index (χ1v) is 17.7. The van der Waals surface area contributed by atoms with Crippen molar-refractivity contribution in [3.63, 3.8) is 0 Å². The minimum atomic E-state index is -0.927. The number of likely N-dealkylation sites (tertiary alicyclic amines) is 1. The number of allylic oxidation sites excluding steroid dienone is 1. The van der Waals surface area contributed by atoms with Gasteiger partial charge in [-0.3, -0.25) is 24.0 Å². The van der Waals surface area contributed by atoms with Gasteiger partial charge in [-0.2, -0.15) is 4.98 Å². The molecule has 1 saturated heterocycles. The predicted octanol–water partition coefficient (Wildman–Crippen LogP) is 5.37. The van der Waals surface area contributed by atoms with Crippen LogP contribution in [0.5, 0.6) is 6.08 Å². The molecule has 2 aliphatic carbocycles. The fraction of sp³-hybridized carbons (Fsp3) is 0.595. The molecule has 1 aromatic carbocycles. The van der Waals surface area contributed by atoms with Gasteiger partial charge in [-0.15, -0.1) is 6.58 Å². The molecule has 4 amide bonds. The van der Waals surface area contributed by atoms with E-state index in [1.54, 1.807) is 27.8 Å². The van der Waals surface area contributed by atoms with Crippen LogP contribution < -0.4 is 21.1 Å². The Morgan fingerprint density at radius 3 is 2.31 bits per heavy atom. The largest absolute Gasteiger partial charge is 0.445 e. The monoisotopic (exact) mass is 737 g/mol. The first-order chi connectivity index (χ1) is 24.5. The van der Waals surface area contributed by atoms with Gasteiger partial charge in [0.15, 0.2) is 17.7 Å². The van der Waals surface area contributed by atoms with Gasteiger partial charge in [0.1, 0.15) is 35.1 Å². The van der Waals surface area contributed by atoms with Gasteiger partial charge in [0.05, 0.1) is 6.54 Å². The molecule has 1 aliphatic heterocycles.